The van der Waals surface area contributed by atoms with E-state index < -0.39 is 24.9 Å². The number of nitrogens with zero attached hydrogens (tertiary/aromatic N) is 2. The summed E-state index contributed by atoms with van der Waals surface area (Å²) in [6.07, 6.45) is 6.27. The van der Waals surface area contributed by atoms with Crippen molar-refractivity contribution >= 4 is 35.7 Å². The van der Waals surface area contributed by atoms with Gasteiger partial charge >= 0.3 is 18.9 Å². The first kappa shape index (κ1) is 21.0. The van der Waals surface area contributed by atoms with Gasteiger partial charge in [0.15, 0.2) is 5.82 Å². The summed E-state index contributed by atoms with van der Waals surface area (Å²) in [6.45, 7) is 5.02. The van der Waals surface area contributed by atoms with Crippen molar-refractivity contribution in [3.8, 4) is 0 Å². The van der Waals surface area contributed by atoms with Crippen LogP contribution in [0.4, 0.5) is 5.82 Å². The maximum atomic E-state index is 12.6. The Morgan fingerprint density at radius 1 is 1.16 bits per heavy atom. The van der Waals surface area contributed by atoms with E-state index in [-0.39, 0.29) is 11.2 Å². The molecule has 0 bridgehead atoms. The summed E-state index contributed by atoms with van der Waals surface area (Å²) < 4.78 is 17.4. The molecule has 0 saturated carbocycles. The molecule has 9 nitrogen and oxygen atoms in total. The third-order valence-corrected chi connectivity index (χ3v) is 4.93. The predicted octanol–water partition coefficient (Wildman–Crippen LogP) is 1.99. The van der Waals surface area contributed by atoms with Crippen molar-refractivity contribution in [1.82, 2.24) is 15.3 Å². The summed E-state index contributed by atoms with van der Waals surface area (Å²) >= 11 is 0. The van der Waals surface area contributed by atoms with Gasteiger partial charge in [-0.1, -0.05) is 32.0 Å². The highest BCUT2D eigenvalue weighted by molar-refractivity contribution is 6.49. The number of para-hydroxylation sites is 1. The van der Waals surface area contributed by atoms with Crippen LogP contribution in [-0.2, 0) is 25.3 Å². The molecule has 0 radical (unpaired) electrons. The monoisotopic (exact) mass is 422 g/mol. The highest BCUT2D eigenvalue weighted by Crippen LogP contribution is 2.26. The number of amides is 2. The lowest BCUT2D eigenvalue weighted by molar-refractivity contribution is -0.136. The normalized spacial score (nSPS) is 16.6. The molecule has 1 saturated heterocycles. The molecule has 0 unspecified atom stereocenters. The van der Waals surface area contributed by atoms with E-state index in [9.17, 15) is 9.59 Å². The van der Waals surface area contributed by atoms with Crippen LogP contribution in [0.2, 0.25) is 0 Å². The number of carbonyl (C=O) groups is 2. The van der Waals surface area contributed by atoms with Gasteiger partial charge in [0.05, 0.1) is 18.4 Å². The lowest BCUT2D eigenvalue weighted by atomic mass is 9.72. The molecule has 1 aliphatic heterocycles. The zero-order valence-corrected chi connectivity index (χ0v) is 17.3. The van der Waals surface area contributed by atoms with E-state index in [1.165, 1.54) is 18.6 Å². The van der Waals surface area contributed by atoms with Gasteiger partial charge in [-0.3, -0.25) is 14.6 Å². The second-order valence-corrected chi connectivity index (χ2v) is 8.24. The van der Waals surface area contributed by atoms with Crippen LogP contribution in [0.3, 0.4) is 0 Å². The van der Waals surface area contributed by atoms with Crippen LogP contribution in [0, 0.1) is 5.41 Å². The number of benzene rings is 1. The zero-order chi connectivity index (χ0) is 21.8. The van der Waals surface area contributed by atoms with E-state index in [0.29, 0.717) is 19.6 Å². The predicted molar refractivity (Wildman–Crippen MR) is 114 cm³/mol. The SMILES string of the molecule is CC1(C)COB([C@H](Cc2coc3ccccc23)NC(=O)C(=O)Nc2cnccn2)OC1. The standard InChI is InChI=1S/C21H23BN4O5/c1-21(2)12-30-22(31-13-21)17(9-14-11-29-16-6-4-3-5-15(14)16)25-19(27)20(28)26-18-10-23-7-8-24-18/h3-8,10-11,17H,9,12-13H2,1-2H3,(H,25,27)(H,24,26,28)/t17-/m0/s1. The number of nitrogens with one attached hydrogen (secondary N) is 2. The van der Waals surface area contributed by atoms with Crippen molar-refractivity contribution in [2.75, 3.05) is 18.5 Å². The van der Waals surface area contributed by atoms with Crippen LogP contribution in [-0.4, -0.2) is 48.1 Å². The molecule has 4 rings (SSSR count). The van der Waals surface area contributed by atoms with Crippen molar-refractivity contribution < 1.29 is 23.3 Å². The van der Waals surface area contributed by atoms with Gasteiger partial charge in [-0.2, -0.15) is 0 Å². The Hall–Kier alpha value is -3.24. The molecule has 2 aromatic heterocycles. The van der Waals surface area contributed by atoms with Crippen molar-refractivity contribution in [2.45, 2.75) is 26.2 Å². The molecule has 3 aromatic rings. The second-order valence-electron chi connectivity index (χ2n) is 8.24. The minimum absolute atomic E-state index is 0.128. The maximum absolute atomic E-state index is 12.6. The summed E-state index contributed by atoms with van der Waals surface area (Å²) in [6, 6.07) is 7.62. The largest absolute Gasteiger partial charge is 0.481 e. The van der Waals surface area contributed by atoms with Crippen molar-refractivity contribution in [2.24, 2.45) is 5.41 Å². The third-order valence-electron chi connectivity index (χ3n) is 4.93. The van der Waals surface area contributed by atoms with Crippen molar-refractivity contribution in [3.05, 3.63) is 54.7 Å². The van der Waals surface area contributed by atoms with E-state index >= 15 is 0 Å². The lowest BCUT2D eigenvalue weighted by Gasteiger charge is -2.36. The molecule has 1 aliphatic rings. The van der Waals surface area contributed by atoms with Crippen molar-refractivity contribution in [1.29, 1.82) is 0 Å². The van der Waals surface area contributed by atoms with Crippen LogP contribution in [0.15, 0.2) is 53.5 Å². The fourth-order valence-electron chi connectivity index (χ4n) is 3.35. The molecule has 2 amide bonds. The Balaban J connectivity index is 1.50. The first-order valence-electron chi connectivity index (χ1n) is 9.97. The topological polar surface area (TPSA) is 116 Å². The molecule has 10 heteroatoms. The van der Waals surface area contributed by atoms with E-state index in [2.05, 4.69) is 20.6 Å². The Morgan fingerprint density at radius 2 is 1.94 bits per heavy atom. The van der Waals surface area contributed by atoms with Crippen LogP contribution in [0.25, 0.3) is 11.0 Å². The second kappa shape index (κ2) is 8.87. The van der Waals surface area contributed by atoms with Gasteiger partial charge in [0, 0.05) is 36.4 Å². The van der Waals surface area contributed by atoms with Crippen LogP contribution in [0.5, 0.6) is 0 Å². The van der Waals surface area contributed by atoms with E-state index in [4.69, 9.17) is 13.7 Å². The third kappa shape index (κ3) is 5.09. The number of rotatable bonds is 5. The number of hydrogen-bond acceptors (Lipinski definition) is 7. The Morgan fingerprint density at radius 3 is 2.68 bits per heavy atom. The van der Waals surface area contributed by atoms with Gasteiger partial charge in [-0.05, 0) is 18.1 Å². The fraction of sp³-hybridized carbons (Fsp3) is 0.333. The molecule has 160 valence electrons. The highest BCUT2D eigenvalue weighted by Gasteiger charge is 2.40. The smallest absolute Gasteiger partial charge is 0.464 e. The first-order chi connectivity index (χ1) is 14.9. The number of hydrogen-bond donors (Lipinski definition) is 2. The average molecular weight is 422 g/mol. The van der Waals surface area contributed by atoms with Crippen LogP contribution in [0.1, 0.15) is 19.4 Å². The van der Waals surface area contributed by atoms with Crippen molar-refractivity contribution in [3.63, 3.8) is 0 Å². The Labute approximate surface area is 179 Å². The molecule has 1 atom stereocenters. The van der Waals surface area contributed by atoms with Gasteiger partial charge in [0.25, 0.3) is 0 Å². The fourth-order valence-corrected chi connectivity index (χ4v) is 3.35. The van der Waals surface area contributed by atoms with Crippen LogP contribution >= 0.6 is 0 Å². The summed E-state index contributed by atoms with van der Waals surface area (Å²) in [5.41, 5.74) is 1.50. The molecule has 1 fully saturated rings. The summed E-state index contributed by atoms with van der Waals surface area (Å²) in [4.78, 5) is 32.8. The summed E-state index contributed by atoms with van der Waals surface area (Å²) in [5.74, 6) is -2.08. The number of aromatic nitrogens is 2. The van der Waals surface area contributed by atoms with Gasteiger partial charge in [0.1, 0.15) is 5.58 Å². The number of anilines is 1. The van der Waals surface area contributed by atoms with Gasteiger partial charge in [-0.25, -0.2) is 4.98 Å². The average Bonchev–Trinajstić information content (AvgIpc) is 3.17. The van der Waals surface area contributed by atoms with Crippen LogP contribution < -0.4 is 10.6 Å². The molecular formula is C21H23BN4O5. The van der Waals surface area contributed by atoms with E-state index in [0.717, 1.165) is 16.5 Å². The van der Waals surface area contributed by atoms with Gasteiger partial charge in [-0.15, -0.1) is 0 Å². The minimum Gasteiger partial charge on any atom is -0.464 e. The molecule has 31 heavy (non-hydrogen) atoms. The molecule has 0 aliphatic carbocycles. The number of furan rings is 1. The molecular weight excluding hydrogens is 399 g/mol. The molecule has 1 aromatic carbocycles. The van der Waals surface area contributed by atoms with E-state index in [1.54, 1.807) is 6.26 Å². The molecule has 2 N–H and O–H groups in total. The number of carbonyl (C=O) groups excluding carboxylic acids is 2. The highest BCUT2D eigenvalue weighted by atomic mass is 16.6. The molecule has 3 heterocycles. The number of fused-ring (bicyclic) bond motifs is 1. The maximum Gasteiger partial charge on any atom is 0.481 e. The molecule has 0 spiro atoms. The Kier molecular flexibility index (Phi) is 6.01. The lowest BCUT2D eigenvalue weighted by Crippen LogP contribution is -2.56. The first-order valence-corrected chi connectivity index (χ1v) is 9.97. The minimum atomic E-state index is -0.848. The zero-order valence-electron chi connectivity index (χ0n) is 17.3. The summed E-state index contributed by atoms with van der Waals surface area (Å²) in [7, 11) is -0.699. The van der Waals surface area contributed by atoms with E-state index in [1.807, 2.05) is 38.1 Å². The quantitative estimate of drug-likeness (QED) is 0.477. The van der Waals surface area contributed by atoms with Gasteiger partial charge in [0.2, 0.25) is 0 Å². The summed E-state index contributed by atoms with van der Waals surface area (Å²) in [5, 5.41) is 6.11. The Bertz CT molecular complexity index is 1060. The van der Waals surface area contributed by atoms with Gasteiger partial charge < -0.3 is 24.4 Å².